The van der Waals surface area contributed by atoms with Gasteiger partial charge < -0.3 is 9.47 Å². The van der Waals surface area contributed by atoms with Crippen LogP contribution in [0.15, 0.2) is 0 Å². The number of rotatable bonds is 3. The number of esters is 2. The lowest BCUT2D eigenvalue weighted by molar-refractivity contribution is -0.184. The number of nitrogens with zero attached hydrogens (tertiary/aromatic N) is 1. The van der Waals surface area contributed by atoms with E-state index in [4.69, 9.17) is 9.47 Å². The molecule has 0 spiro atoms. The predicted octanol–water partition coefficient (Wildman–Crippen LogP) is 3.56. The number of fused-ring (bicyclic) bond motifs is 1. The Morgan fingerprint density at radius 2 is 1.96 bits per heavy atom. The molecule has 1 aliphatic heterocycles. The summed E-state index contributed by atoms with van der Waals surface area (Å²) in [6.45, 7) is 10.7. The molecule has 3 aliphatic rings. The fourth-order valence-electron chi connectivity index (χ4n) is 4.88. The maximum Gasteiger partial charge on any atom is 0.344 e. The summed E-state index contributed by atoms with van der Waals surface area (Å²) in [6.07, 6.45) is -0.303. The molecule has 3 fully saturated rings. The molecule has 0 radical (unpaired) electrons. The van der Waals surface area contributed by atoms with Crippen molar-refractivity contribution in [3.8, 4) is 6.07 Å². The van der Waals surface area contributed by atoms with Crippen LogP contribution < -0.4 is 0 Å². The second-order valence-corrected chi connectivity index (χ2v) is 10.4. The lowest BCUT2D eigenvalue weighted by Crippen LogP contribution is -2.52. The second-order valence-electron chi connectivity index (χ2n) is 10.4. The standard InChI is InChI=1S/C20H28FNO4/c1-17(2,3)9-20(21,18(4,5)6)16(24)25-13-11-7-12-14(13)26-15(23)19(12,8-11)10-22/h11-14H,7-9H2,1-6H3. The molecule has 6 atom stereocenters. The van der Waals surface area contributed by atoms with Gasteiger partial charge in [-0.15, -0.1) is 0 Å². The smallest absolute Gasteiger partial charge is 0.344 e. The molecule has 0 aromatic carbocycles. The number of carbonyl (C=O) groups is 2. The summed E-state index contributed by atoms with van der Waals surface area (Å²) < 4.78 is 26.9. The molecule has 26 heavy (non-hydrogen) atoms. The summed E-state index contributed by atoms with van der Waals surface area (Å²) in [4.78, 5) is 25.1. The molecule has 0 aromatic rings. The van der Waals surface area contributed by atoms with Crippen molar-refractivity contribution in [1.82, 2.24) is 0 Å². The van der Waals surface area contributed by atoms with E-state index in [1.54, 1.807) is 20.8 Å². The van der Waals surface area contributed by atoms with Crippen molar-refractivity contribution in [2.75, 3.05) is 0 Å². The van der Waals surface area contributed by atoms with Gasteiger partial charge in [0.2, 0.25) is 5.67 Å². The molecule has 1 saturated heterocycles. The minimum atomic E-state index is -2.15. The minimum absolute atomic E-state index is 0.0374. The molecule has 6 unspecified atom stereocenters. The predicted molar refractivity (Wildman–Crippen MR) is 91.4 cm³/mol. The van der Waals surface area contributed by atoms with Crippen molar-refractivity contribution >= 4 is 11.9 Å². The van der Waals surface area contributed by atoms with Crippen molar-refractivity contribution in [1.29, 1.82) is 5.26 Å². The van der Waals surface area contributed by atoms with Crippen LogP contribution in [0.4, 0.5) is 4.39 Å². The lowest BCUT2D eigenvalue weighted by atomic mass is 9.69. The largest absolute Gasteiger partial charge is 0.457 e. The van der Waals surface area contributed by atoms with Crippen molar-refractivity contribution in [3.63, 3.8) is 0 Å². The van der Waals surface area contributed by atoms with E-state index in [0.29, 0.717) is 12.8 Å². The molecule has 0 amide bonds. The maximum atomic E-state index is 15.9. The SMILES string of the molecule is CC(C)(C)CC(F)(C(=O)OC1C2CC3C1OC(=O)C3(C#N)C2)C(C)(C)C. The highest BCUT2D eigenvalue weighted by atomic mass is 19.1. The molecule has 6 heteroatoms. The third-order valence-electron chi connectivity index (χ3n) is 6.30. The van der Waals surface area contributed by atoms with E-state index in [0.717, 1.165) is 0 Å². The van der Waals surface area contributed by atoms with Gasteiger partial charge in [-0.05, 0) is 24.7 Å². The Morgan fingerprint density at radius 3 is 2.46 bits per heavy atom. The molecule has 2 aliphatic carbocycles. The Bertz CT molecular complexity index is 685. The van der Waals surface area contributed by atoms with E-state index in [1.165, 1.54) is 0 Å². The van der Waals surface area contributed by atoms with Crippen LogP contribution in [0.3, 0.4) is 0 Å². The summed E-state index contributed by atoms with van der Waals surface area (Å²) in [5.74, 6) is -1.79. The van der Waals surface area contributed by atoms with Crippen LogP contribution in [0.5, 0.6) is 0 Å². The first-order valence-corrected chi connectivity index (χ1v) is 9.27. The van der Waals surface area contributed by atoms with Crippen molar-refractivity contribution in [2.45, 2.75) is 78.7 Å². The van der Waals surface area contributed by atoms with Crippen molar-refractivity contribution < 1.29 is 23.5 Å². The van der Waals surface area contributed by atoms with Crippen LogP contribution in [-0.4, -0.2) is 29.8 Å². The molecule has 5 nitrogen and oxygen atoms in total. The topological polar surface area (TPSA) is 76.4 Å². The Hall–Kier alpha value is -1.64. The van der Waals surface area contributed by atoms with Gasteiger partial charge in [-0.2, -0.15) is 5.26 Å². The minimum Gasteiger partial charge on any atom is -0.457 e. The van der Waals surface area contributed by atoms with Crippen LogP contribution in [-0.2, 0) is 19.1 Å². The van der Waals surface area contributed by atoms with E-state index in [9.17, 15) is 14.9 Å². The van der Waals surface area contributed by atoms with E-state index < -0.39 is 46.1 Å². The Kier molecular flexibility index (Phi) is 4.00. The maximum absolute atomic E-state index is 15.9. The van der Waals surface area contributed by atoms with E-state index in [2.05, 4.69) is 6.07 Å². The van der Waals surface area contributed by atoms with E-state index >= 15 is 4.39 Å². The van der Waals surface area contributed by atoms with Gasteiger partial charge in [0.1, 0.15) is 12.2 Å². The molecular formula is C20H28FNO4. The quantitative estimate of drug-likeness (QED) is 0.715. The van der Waals surface area contributed by atoms with Crippen molar-refractivity contribution in [2.24, 2.45) is 28.1 Å². The van der Waals surface area contributed by atoms with Gasteiger partial charge in [-0.3, -0.25) is 4.79 Å². The molecule has 3 rings (SSSR count). The fourth-order valence-corrected chi connectivity index (χ4v) is 4.88. The zero-order chi connectivity index (χ0) is 19.7. The van der Waals surface area contributed by atoms with Crippen molar-refractivity contribution in [3.05, 3.63) is 0 Å². The van der Waals surface area contributed by atoms with Gasteiger partial charge in [0.05, 0.1) is 6.07 Å². The Morgan fingerprint density at radius 1 is 1.35 bits per heavy atom. The number of halogens is 1. The van der Waals surface area contributed by atoms with Crippen LogP contribution in [0.2, 0.25) is 0 Å². The number of carbonyl (C=O) groups excluding carboxylic acids is 2. The molecule has 1 heterocycles. The van der Waals surface area contributed by atoms with Gasteiger partial charge in [-0.1, -0.05) is 41.5 Å². The zero-order valence-electron chi connectivity index (χ0n) is 16.4. The van der Waals surface area contributed by atoms with Crippen LogP contribution >= 0.6 is 0 Å². The average molecular weight is 365 g/mol. The fraction of sp³-hybridized carbons (Fsp3) is 0.850. The summed E-state index contributed by atoms with van der Waals surface area (Å²) in [5, 5.41) is 9.45. The highest BCUT2D eigenvalue weighted by Crippen LogP contribution is 2.62. The van der Waals surface area contributed by atoms with E-state index in [1.807, 2.05) is 20.8 Å². The lowest BCUT2D eigenvalue weighted by Gasteiger charge is -2.41. The first-order valence-electron chi connectivity index (χ1n) is 9.27. The molecular weight excluding hydrogens is 337 g/mol. The van der Waals surface area contributed by atoms with Gasteiger partial charge >= 0.3 is 11.9 Å². The van der Waals surface area contributed by atoms with Crippen LogP contribution in [0.1, 0.15) is 60.8 Å². The third-order valence-corrected chi connectivity index (χ3v) is 6.30. The van der Waals surface area contributed by atoms with Gasteiger partial charge in [0.25, 0.3) is 0 Å². The van der Waals surface area contributed by atoms with Crippen LogP contribution in [0.25, 0.3) is 0 Å². The molecule has 0 aromatic heterocycles. The summed E-state index contributed by atoms with van der Waals surface area (Å²) in [5.41, 5.74) is -4.58. The second kappa shape index (κ2) is 5.43. The monoisotopic (exact) mass is 365 g/mol. The summed E-state index contributed by atoms with van der Waals surface area (Å²) in [6, 6.07) is 2.12. The number of alkyl halides is 1. The molecule has 2 saturated carbocycles. The Labute approximate surface area is 154 Å². The molecule has 0 N–H and O–H groups in total. The first-order chi connectivity index (χ1) is 11.7. The van der Waals surface area contributed by atoms with Crippen LogP contribution in [0, 0.1) is 39.4 Å². The summed E-state index contributed by atoms with van der Waals surface area (Å²) in [7, 11) is 0. The number of nitriles is 1. The Balaban J connectivity index is 1.83. The highest BCUT2D eigenvalue weighted by molar-refractivity contribution is 5.85. The number of hydrogen-bond acceptors (Lipinski definition) is 5. The van der Waals surface area contributed by atoms with Gasteiger partial charge in [0.15, 0.2) is 5.41 Å². The summed E-state index contributed by atoms with van der Waals surface area (Å²) >= 11 is 0. The highest BCUT2D eigenvalue weighted by Gasteiger charge is 2.72. The average Bonchev–Trinajstić information content (AvgIpc) is 3.06. The molecule has 2 bridgehead atoms. The third kappa shape index (κ3) is 2.54. The normalized spacial score (nSPS) is 37.8. The molecule has 144 valence electrons. The zero-order valence-corrected chi connectivity index (χ0v) is 16.4. The number of hydrogen-bond donors (Lipinski definition) is 0. The van der Waals surface area contributed by atoms with E-state index in [-0.39, 0.29) is 18.3 Å². The number of ether oxygens (including phenoxy) is 2. The van der Waals surface area contributed by atoms with Gasteiger partial charge in [-0.25, -0.2) is 9.18 Å². The van der Waals surface area contributed by atoms with Gasteiger partial charge in [0, 0.05) is 17.3 Å². The first kappa shape index (κ1) is 19.1.